The molecular weight excluding hydrogens is 372 g/mol. The summed E-state index contributed by atoms with van der Waals surface area (Å²) in [6.07, 6.45) is 10.2. The molecule has 30 heavy (non-hydrogen) atoms. The molecule has 1 aliphatic carbocycles. The van der Waals surface area contributed by atoms with Crippen molar-refractivity contribution in [2.45, 2.75) is 62.8 Å². The Morgan fingerprint density at radius 2 is 1.43 bits per heavy atom. The predicted octanol–water partition coefficient (Wildman–Crippen LogP) is 5.23. The lowest BCUT2D eigenvalue weighted by molar-refractivity contribution is -0.122. The number of amides is 1. The average Bonchev–Trinajstić information content (AvgIpc) is 2.82. The fourth-order valence-corrected chi connectivity index (χ4v) is 5.73. The molecule has 4 heteroatoms. The van der Waals surface area contributed by atoms with Crippen molar-refractivity contribution in [3.05, 3.63) is 59.7 Å². The molecule has 4 nitrogen and oxygen atoms in total. The Morgan fingerprint density at radius 1 is 0.867 bits per heavy atom. The van der Waals surface area contributed by atoms with E-state index >= 15 is 0 Å². The number of fused-ring (bicyclic) bond motifs is 2. The normalized spacial score (nSPS) is 21.2. The van der Waals surface area contributed by atoms with Gasteiger partial charge in [0.1, 0.15) is 11.5 Å². The van der Waals surface area contributed by atoms with Crippen LogP contribution in [-0.4, -0.2) is 36.0 Å². The van der Waals surface area contributed by atoms with Crippen molar-refractivity contribution in [2.24, 2.45) is 0 Å². The Kier molecular flexibility index (Phi) is 5.51. The molecule has 0 spiro atoms. The highest BCUT2D eigenvalue weighted by Crippen LogP contribution is 2.44. The second-order valence-electron chi connectivity index (χ2n) is 9.16. The third-order valence-corrected chi connectivity index (χ3v) is 7.34. The monoisotopic (exact) mass is 404 g/mol. The van der Waals surface area contributed by atoms with E-state index in [0.29, 0.717) is 0 Å². The van der Waals surface area contributed by atoms with Gasteiger partial charge in [-0.3, -0.25) is 9.69 Å². The average molecular weight is 405 g/mol. The van der Waals surface area contributed by atoms with Gasteiger partial charge in [0.25, 0.3) is 0 Å². The number of carbonyl (C=O) groups is 1. The minimum atomic E-state index is -0.312. The van der Waals surface area contributed by atoms with Crippen LogP contribution in [0, 0.1) is 0 Å². The summed E-state index contributed by atoms with van der Waals surface area (Å²) in [6.45, 7) is 3.12. The van der Waals surface area contributed by atoms with Gasteiger partial charge in [-0.15, -0.1) is 0 Å². The SMILES string of the molecule is O=C(NCC1(N2CCCCC2)CCCCC1)C1c2ccccc2Oc2ccccc21. The zero-order chi connectivity index (χ0) is 20.4. The van der Waals surface area contributed by atoms with Gasteiger partial charge in [0.05, 0.1) is 5.92 Å². The summed E-state index contributed by atoms with van der Waals surface area (Å²) >= 11 is 0. The fourth-order valence-electron chi connectivity index (χ4n) is 5.73. The molecule has 2 aliphatic heterocycles. The first kappa shape index (κ1) is 19.6. The van der Waals surface area contributed by atoms with Crippen LogP contribution >= 0.6 is 0 Å². The van der Waals surface area contributed by atoms with Gasteiger partial charge in [-0.1, -0.05) is 62.1 Å². The fraction of sp³-hybridized carbons (Fsp3) is 0.500. The van der Waals surface area contributed by atoms with E-state index in [1.54, 1.807) is 0 Å². The van der Waals surface area contributed by atoms with Crippen molar-refractivity contribution in [1.29, 1.82) is 0 Å². The summed E-state index contributed by atoms with van der Waals surface area (Å²) in [7, 11) is 0. The van der Waals surface area contributed by atoms with Crippen molar-refractivity contribution in [1.82, 2.24) is 10.2 Å². The van der Waals surface area contributed by atoms with Gasteiger partial charge >= 0.3 is 0 Å². The molecule has 0 atom stereocenters. The molecule has 2 aromatic rings. The summed E-state index contributed by atoms with van der Waals surface area (Å²) in [5.74, 6) is 1.37. The quantitative estimate of drug-likeness (QED) is 0.759. The standard InChI is InChI=1S/C26H32N2O2/c29-25(27-19-26(15-7-1-8-16-26)28-17-9-2-10-18-28)24-20-11-3-5-13-22(20)30-23-14-6-4-12-21(23)24/h3-6,11-14,24H,1-2,7-10,15-19H2,(H,27,29). The number of likely N-dealkylation sites (tertiary alicyclic amines) is 1. The number of hydrogen-bond acceptors (Lipinski definition) is 3. The molecule has 2 fully saturated rings. The maximum atomic E-state index is 13.6. The lowest BCUT2D eigenvalue weighted by Gasteiger charge is -2.48. The highest BCUT2D eigenvalue weighted by molar-refractivity contribution is 5.89. The molecule has 2 heterocycles. The zero-order valence-corrected chi connectivity index (χ0v) is 17.7. The van der Waals surface area contributed by atoms with Gasteiger partial charge < -0.3 is 10.1 Å². The molecule has 0 unspecified atom stereocenters. The van der Waals surface area contributed by atoms with Crippen LogP contribution in [0.4, 0.5) is 0 Å². The number of carbonyl (C=O) groups excluding carboxylic acids is 1. The molecule has 5 rings (SSSR count). The lowest BCUT2D eigenvalue weighted by atomic mass is 9.78. The second kappa shape index (κ2) is 8.43. The smallest absolute Gasteiger partial charge is 0.232 e. The van der Waals surface area contributed by atoms with Gasteiger partial charge in [0.2, 0.25) is 5.91 Å². The molecule has 1 saturated heterocycles. The van der Waals surface area contributed by atoms with Crippen molar-refractivity contribution in [3.8, 4) is 11.5 Å². The van der Waals surface area contributed by atoms with Crippen LogP contribution in [0.3, 0.4) is 0 Å². The Bertz CT molecular complexity index is 852. The van der Waals surface area contributed by atoms with Crippen LogP contribution in [0.15, 0.2) is 48.5 Å². The van der Waals surface area contributed by atoms with E-state index in [4.69, 9.17) is 4.74 Å². The summed E-state index contributed by atoms with van der Waals surface area (Å²) in [5, 5.41) is 3.41. The summed E-state index contributed by atoms with van der Waals surface area (Å²) in [4.78, 5) is 16.3. The molecule has 1 N–H and O–H groups in total. The minimum absolute atomic E-state index is 0.0974. The van der Waals surface area contributed by atoms with Crippen LogP contribution in [0.2, 0.25) is 0 Å². The maximum Gasteiger partial charge on any atom is 0.232 e. The second-order valence-corrected chi connectivity index (χ2v) is 9.16. The predicted molar refractivity (Wildman–Crippen MR) is 119 cm³/mol. The molecule has 1 saturated carbocycles. The zero-order valence-electron chi connectivity index (χ0n) is 17.7. The molecule has 0 aromatic heterocycles. The van der Waals surface area contributed by atoms with Crippen molar-refractivity contribution >= 4 is 5.91 Å². The van der Waals surface area contributed by atoms with E-state index < -0.39 is 0 Å². The summed E-state index contributed by atoms with van der Waals surface area (Å²) < 4.78 is 6.08. The molecule has 0 bridgehead atoms. The molecule has 158 valence electrons. The molecule has 2 aromatic carbocycles. The first-order chi connectivity index (χ1) is 14.8. The number of benzene rings is 2. The van der Waals surface area contributed by atoms with E-state index in [0.717, 1.165) is 29.2 Å². The largest absolute Gasteiger partial charge is 0.457 e. The maximum absolute atomic E-state index is 13.6. The number of ether oxygens (including phenoxy) is 1. The number of para-hydroxylation sites is 2. The van der Waals surface area contributed by atoms with E-state index in [2.05, 4.69) is 10.2 Å². The van der Waals surface area contributed by atoms with Crippen LogP contribution in [-0.2, 0) is 4.79 Å². The van der Waals surface area contributed by atoms with Gasteiger partial charge in [-0.2, -0.15) is 0 Å². The first-order valence-corrected chi connectivity index (χ1v) is 11.7. The van der Waals surface area contributed by atoms with Gasteiger partial charge in [-0.05, 0) is 50.9 Å². The van der Waals surface area contributed by atoms with Crippen molar-refractivity contribution < 1.29 is 9.53 Å². The van der Waals surface area contributed by atoms with Crippen LogP contribution in [0.25, 0.3) is 0 Å². The summed E-state index contributed by atoms with van der Waals surface area (Å²) in [5.41, 5.74) is 2.06. The summed E-state index contributed by atoms with van der Waals surface area (Å²) in [6, 6.07) is 15.9. The number of piperidine rings is 1. The Hall–Kier alpha value is -2.33. The van der Waals surface area contributed by atoms with Crippen molar-refractivity contribution in [2.75, 3.05) is 19.6 Å². The minimum Gasteiger partial charge on any atom is -0.457 e. The van der Waals surface area contributed by atoms with E-state index in [1.165, 1.54) is 64.5 Å². The molecule has 1 amide bonds. The van der Waals surface area contributed by atoms with E-state index in [1.807, 2.05) is 48.5 Å². The Balaban J connectivity index is 1.40. The van der Waals surface area contributed by atoms with Crippen molar-refractivity contribution in [3.63, 3.8) is 0 Å². The van der Waals surface area contributed by atoms with E-state index in [9.17, 15) is 4.79 Å². The lowest BCUT2D eigenvalue weighted by Crippen LogP contribution is -2.58. The third kappa shape index (κ3) is 3.62. The topological polar surface area (TPSA) is 41.6 Å². The van der Waals surface area contributed by atoms with Crippen LogP contribution in [0.1, 0.15) is 68.4 Å². The van der Waals surface area contributed by atoms with Gasteiger partial charge in [0.15, 0.2) is 0 Å². The number of hydrogen-bond donors (Lipinski definition) is 1. The van der Waals surface area contributed by atoms with Crippen LogP contribution < -0.4 is 10.1 Å². The number of nitrogens with one attached hydrogen (secondary N) is 1. The third-order valence-electron chi connectivity index (χ3n) is 7.34. The van der Waals surface area contributed by atoms with Gasteiger partial charge in [-0.25, -0.2) is 0 Å². The van der Waals surface area contributed by atoms with Crippen LogP contribution in [0.5, 0.6) is 11.5 Å². The molecular formula is C26H32N2O2. The molecule has 0 radical (unpaired) electrons. The van der Waals surface area contributed by atoms with Gasteiger partial charge in [0, 0.05) is 23.2 Å². The highest BCUT2D eigenvalue weighted by Gasteiger charge is 2.40. The Labute approximate surface area is 179 Å². The number of nitrogens with zero attached hydrogens (tertiary/aromatic N) is 1. The highest BCUT2D eigenvalue weighted by atomic mass is 16.5. The molecule has 3 aliphatic rings. The number of rotatable bonds is 4. The first-order valence-electron chi connectivity index (χ1n) is 11.7. The Morgan fingerprint density at radius 3 is 2.07 bits per heavy atom. The van der Waals surface area contributed by atoms with E-state index in [-0.39, 0.29) is 17.4 Å².